The summed E-state index contributed by atoms with van der Waals surface area (Å²) in [6.07, 6.45) is 7.85. The van der Waals surface area contributed by atoms with Gasteiger partial charge in [0.25, 0.3) is 0 Å². The van der Waals surface area contributed by atoms with Crippen molar-refractivity contribution in [1.82, 2.24) is 0 Å². The van der Waals surface area contributed by atoms with Crippen LogP contribution in [0.3, 0.4) is 0 Å². The first-order valence-electron chi connectivity index (χ1n) is 12.7. The fourth-order valence-corrected chi connectivity index (χ4v) is 7.96. The molecular formula is C28H38O3. The van der Waals surface area contributed by atoms with Crippen LogP contribution in [0.4, 0.5) is 0 Å². The number of benzene rings is 1. The molecule has 1 aromatic carbocycles. The van der Waals surface area contributed by atoms with E-state index in [-0.39, 0.29) is 35.6 Å². The monoisotopic (exact) mass is 422 g/mol. The maximum absolute atomic E-state index is 13.6. The summed E-state index contributed by atoms with van der Waals surface area (Å²) in [6, 6.07) is 9.75. The SMILES string of the molecule is CC(C)[C@H]1CC[C@@H](C)C[C@@H]1OC(=O)[C@H]1[C@@H]2C[C@H]3C[C@@H](C2)[C@@H](C(=O)c2ccccc2)[C@@H]1C3. The highest BCUT2D eigenvalue weighted by Crippen LogP contribution is 2.60. The largest absolute Gasteiger partial charge is 0.462 e. The molecule has 0 aliphatic heterocycles. The Labute approximate surface area is 187 Å². The maximum Gasteiger partial charge on any atom is 0.309 e. The van der Waals surface area contributed by atoms with Gasteiger partial charge in [-0.15, -0.1) is 0 Å². The standard InChI is InChI=1S/C28H38O3/c1-16(2)22-10-9-17(3)11-24(22)31-28(30)26-21-13-18-12-20(15-21)25(23(26)14-18)27(29)19-7-5-4-6-8-19/h4-8,16-18,20-26H,9-15H2,1-3H3/t17-,18-,20+,21-,22-,23+,24+,25-,26+/m1/s1. The highest BCUT2D eigenvalue weighted by molar-refractivity contribution is 5.98. The minimum absolute atomic E-state index is 0.000995. The highest BCUT2D eigenvalue weighted by Gasteiger charge is 2.58. The molecule has 0 heterocycles. The molecule has 5 aliphatic rings. The lowest BCUT2D eigenvalue weighted by molar-refractivity contribution is -0.177. The number of rotatable bonds is 5. The van der Waals surface area contributed by atoms with E-state index in [1.807, 2.05) is 30.3 Å². The number of carbonyl (C=O) groups is 2. The van der Waals surface area contributed by atoms with Gasteiger partial charge in [-0.2, -0.15) is 0 Å². The van der Waals surface area contributed by atoms with Gasteiger partial charge in [-0.1, -0.05) is 57.5 Å². The summed E-state index contributed by atoms with van der Waals surface area (Å²) in [5.74, 6) is 3.60. The molecule has 9 atom stereocenters. The molecule has 168 valence electrons. The maximum atomic E-state index is 13.6. The minimum atomic E-state index is -0.0736. The van der Waals surface area contributed by atoms with Crippen LogP contribution in [0.25, 0.3) is 0 Å². The summed E-state index contributed by atoms with van der Waals surface area (Å²) in [4.78, 5) is 27.2. The van der Waals surface area contributed by atoms with E-state index in [1.54, 1.807) is 0 Å². The summed E-state index contributed by atoms with van der Waals surface area (Å²) in [7, 11) is 0. The Morgan fingerprint density at radius 1 is 0.903 bits per heavy atom. The smallest absolute Gasteiger partial charge is 0.309 e. The van der Waals surface area contributed by atoms with E-state index in [2.05, 4.69) is 20.8 Å². The van der Waals surface area contributed by atoms with Crippen molar-refractivity contribution in [2.24, 2.45) is 53.3 Å². The van der Waals surface area contributed by atoms with Gasteiger partial charge in [0.15, 0.2) is 5.78 Å². The number of hydrogen-bond donors (Lipinski definition) is 0. The van der Waals surface area contributed by atoms with Crippen LogP contribution in [0, 0.1) is 53.3 Å². The van der Waals surface area contributed by atoms with E-state index in [9.17, 15) is 9.59 Å². The highest BCUT2D eigenvalue weighted by atomic mass is 16.5. The van der Waals surface area contributed by atoms with Crippen molar-refractivity contribution in [1.29, 1.82) is 0 Å². The molecule has 1 aromatic rings. The number of Topliss-reactive ketones (excluding diaryl/α,β-unsaturated/α-hetero) is 1. The van der Waals surface area contributed by atoms with E-state index < -0.39 is 0 Å². The lowest BCUT2D eigenvalue weighted by atomic mass is 9.47. The summed E-state index contributed by atoms with van der Waals surface area (Å²) >= 11 is 0. The second-order valence-electron chi connectivity index (χ2n) is 11.6. The molecule has 5 fully saturated rings. The van der Waals surface area contributed by atoms with Crippen LogP contribution in [0.5, 0.6) is 0 Å². The first-order chi connectivity index (χ1) is 14.9. The number of carbonyl (C=O) groups excluding carboxylic acids is 2. The van der Waals surface area contributed by atoms with E-state index >= 15 is 0 Å². The molecule has 31 heavy (non-hydrogen) atoms. The van der Waals surface area contributed by atoms with Gasteiger partial charge >= 0.3 is 5.97 Å². The predicted molar refractivity (Wildman–Crippen MR) is 121 cm³/mol. The molecule has 0 unspecified atom stereocenters. The van der Waals surface area contributed by atoms with Crippen molar-refractivity contribution in [3.8, 4) is 0 Å². The van der Waals surface area contributed by atoms with Crippen LogP contribution in [-0.2, 0) is 9.53 Å². The van der Waals surface area contributed by atoms with Crippen LogP contribution in [-0.4, -0.2) is 17.9 Å². The van der Waals surface area contributed by atoms with Crippen LogP contribution >= 0.6 is 0 Å². The quantitative estimate of drug-likeness (QED) is 0.421. The molecule has 3 heteroatoms. The number of ketones is 1. The zero-order valence-corrected chi connectivity index (χ0v) is 19.3. The molecule has 0 amide bonds. The van der Waals surface area contributed by atoms with Crippen molar-refractivity contribution in [2.45, 2.75) is 71.8 Å². The third-order valence-electron chi connectivity index (χ3n) is 9.28. The van der Waals surface area contributed by atoms with E-state index in [0.717, 1.165) is 37.7 Å². The first kappa shape index (κ1) is 21.2. The number of esters is 1. The van der Waals surface area contributed by atoms with Crippen molar-refractivity contribution in [3.63, 3.8) is 0 Å². The summed E-state index contributed by atoms with van der Waals surface area (Å²) in [5.41, 5.74) is 0.813. The summed E-state index contributed by atoms with van der Waals surface area (Å²) in [6.45, 7) is 6.81. The lowest BCUT2D eigenvalue weighted by Crippen LogP contribution is -2.56. The third kappa shape index (κ3) is 3.87. The molecule has 5 aliphatic carbocycles. The van der Waals surface area contributed by atoms with Crippen LogP contribution in [0.1, 0.15) is 76.1 Å². The Morgan fingerprint density at radius 3 is 2.32 bits per heavy atom. The second-order valence-corrected chi connectivity index (χ2v) is 11.6. The van der Waals surface area contributed by atoms with Gasteiger partial charge in [0.05, 0.1) is 5.92 Å². The van der Waals surface area contributed by atoms with Gasteiger partial charge in [-0.3, -0.25) is 9.59 Å². The fourth-order valence-electron chi connectivity index (χ4n) is 7.96. The Balaban J connectivity index is 1.37. The molecule has 5 saturated carbocycles. The average molecular weight is 423 g/mol. The van der Waals surface area contributed by atoms with Crippen LogP contribution < -0.4 is 0 Å². The van der Waals surface area contributed by atoms with Gasteiger partial charge in [0.2, 0.25) is 0 Å². The van der Waals surface area contributed by atoms with Crippen LogP contribution in [0.2, 0.25) is 0 Å². The van der Waals surface area contributed by atoms with E-state index in [0.29, 0.717) is 35.5 Å². The van der Waals surface area contributed by atoms with E-state index in [4.69, 9.17) is 4.74 Å². The van der Waals surface area contributed by atoms with Gasteiger partial charge in [0.1, 0.15) is 6.10 Å². The van der Waals surface area contributed by atoms with Crippen molar-refractivity contribution < 1.29 is 14.3 Å². The van der Waals surface area contributed by atoms with Crippen LogP contribution in [0.15, 0.2) is 30.3 Å². The number of ether oxygens (including phenoxy) is 1. The van der Waals surface area contributed by atoms with Gasteiger partial charge < -0.3 is 4.74 Å². The third-order valence-corrected chi connectivity index (χ3v) is 9.28. The molecule has 0 spiro atoms. The van der Waals surface area contributed by atoms with E-state index in [1.165, 1.54) is 12.8 Å². The summed E-state index contributed by atoms with van der Waals surface area (Å²) in [5, 5.41) is 0. The zero-order valence-electron chi connectivity index (χ0n) is 19.3. The average Bonchev–Trinajstić information content (AvgIpc) is 2.73. The zero-order chi connectivity index (χ0) is 21.7. The Morgan fingerprint density at radius 2 is 1.61 bits per heavy atom. The van der Waals surface area contributed by atoms with Crippen molar-refractivity contribution in [3.05, 3.63) is 35.9 Å². The molecule has 6 rings (SSSR count). The van der Waals surface area contributed by atoms with Crippen molar-refractivity contribution >= 4 is 11.8 Å². The molecule has 3 nitrogen and oxygen atoms in total. The fraction of sp³-hybridized carbons (Fsp3) is 0.714. The minimum Gasteiger partial charge on any atom is -0.462 e. The molecule has 0 aromatic heterocycles. The first-order valence-corrected chi connectivity index (χ1v) is 12.7. The topological polar surface area (TPSA) is 43.4 Å². The Kier molecular flexibility index (Phi) is 5.73. The predicted octanol–water partition coefficient (Wildman–Crippen LogP) is 6.17. The molecule has 0 saturated heterocycles. The van der Waals surface area contributed by atoms with Crippen molar-refractivity contribution in [2.75, 3.05) is 0 Å². The molecule has 4 bridgehead atoms. The number of hydrogen-bond acceptors (Lipinski definition) is 3. The van der Waals surface area contributed by atoms with Gasteiger partial charge in [-0.25, -0.2) is 0 Å². The Bertz CT molecular complexity index is 815. The molecule has 0 N–H and O–H groups in total. The van der Waals surface area contributed by atoms with Gasteiger partial charge in [-0.05, 0) is 80.0 Å². The molecular weight excluding hydrogens is 384 g/mol. The second kappa shape index (κ2) is 8.37. The normalized spacial score (nSPS) is 41.4. The summed E-state index contributed by atoms with van der Waals surface area (Å²) < 4.78 is 6.35. The van der Waals surface area contributed by atoms with Gasteiger partial charge in [0, 0.05) is 11.5 Å². The Hall–Kier alpha value is -1.64. The molecule has 0 radical (unpaired) electrons. The lowest BCUT2D eigenvalue weighted by Gasteiger charge is -2.57.